The normalized spacial score (nSPS) is 19.8. The number of carbonyl (C=O) groups excluding carboxylic acids is 3. The summed E-state index contributed by atoms with van der Waals surface area (Å²) in [5, 5.41) is 2.94. The van der Waals surface area contributed by atoms with Crippen LogP contribution in [0, 0.1) is 0 Å². The number of rotatable bonds is 6. The number of ether oxygens (including phenoxy) is 3. The van der Waals surface area contributed by atoms with Gasteiger partial charge >= 0.3 is 5.97 Å². The predicted molar refractivity (Wildman–Crippen MR) is 112 cm³/mol. The van der Waals surface area contributed by atoms with E-state index >= 15 is 0 Å². The molecule has 2 aliphatic heterocycles. The number of nitrogens with one attached hydrogen (secondary N) is 1. The first-order valence-electron chi connectivity index (χ1n) is 10.2. The van der Waals surface area contributed by atoms with Crippen molar-refractivity contribution in [2.24, 2.45) is 0 Å². The molecule has 2 atom stereocenters. The summed E-state index contributed by atoms with van der Waals surface area (Å²) >= 11 is 0. The fourth-order valence-corrected chi connectivity index (χ4v) is 4.21. The van der Waals surface area contributed by atoms with Crippen molar-refractivity contribution in [2.75, 3.05) is 19.5 Å². The average Bonchev–Trinajstić information content (AvgIpc) is 3.32. The molecule has 2 aromatic carbocycles. The molecule has 8 heteroatoms. The maximum Gasteiger partial charge on any atom is 0.344 e. The maximum atomic E-state index is 13.1. The van der Waals surface area contributed by atoms with Crippen molar-refractivity contribution in [3.8, 4) is 11.5 Å². The maximum absolute atomic E-state index is 13.1. The molecule has 0 aliphatic carbocycles. The van der Waals surface area contributed by atoms with Gasteiger partial charge in [0.2, 0.25) is 18.0 Å². The SMILES string of the molecule is CCc1ccccc1NC(=O)[C@H]1CCC(=O)N1[C@@H]1OC(=O)c2c1ccc(OC)c2OC. The van der Waals surface area contributed by atoms with E-state index in [4.69, 9.17) is 14.2 Å². The second kappa shape index (κ2) is 8.29. The number of cyclic esters (lactones) is 1. The van der Waals surface area contributed by atoms with Gasteiger partial charge < -0.3 is 19.5 Å². The summed E-state index contributed by atoms with van der Waals surface area (Å²) < 4.78 is 16.2. The minimum Gasteiger partial charge on any atom is -0.493 e. The molecule has 1 fully saturated rings. The van der Waals surface area contributed by atoms with Crippen LogP contribution in [0.5, 0.6) is 11.5 Å². The van der Waals surface area contributed by atoms with Crippen LogP contribution in [0.4, 0.5) is 5.69 Å². The zero-order chi connectivity index (χ0) is 22.1. The van der Waals surface area contributed by atoms with Crippen molar-refractivity contribution in [3.63, 3.8) is 0 Å². The molecule has 0 saturated carbocycles. The Kier molecular flexibility index (Phi) is 5.54. The van der Waals surface area contributed by atoms with Gasteiger partial charge in [-0.2, -0.15) is 0 Å². The predicted octanol–water partition coefficient (Wildman–Crippen LogP) is 3.06. The van der Waals surface area contributed by atoms with Crippen LogP contribution in [0.3, 0.4) is 0 Å². The van der Waals surface area contributed by atoms with Crippen LogP contribution in [-0.2, 0) is 20.7 Å². The number of nitrogens with zero attached hydrogens (tertiary/aromatic N) is 1. The number of hydrogen-bond acceptors (Lipinski definition) is 6. The molecule has 2 amide bonds. The van der Waals surface area contributed by atoms with Crippen LogP contribution in [-0.4, -0.2) is 42.9 Å². The molecule has 0 bridgehead atoms. The lowest BCUT2D eigenvalue weighted by Gasteiger charge is -2.29. The number of para-hydroxylation sites is 1. The highest BCUT2D eigenvalue weighted by molar-refractivity contribution is 6.01. The number of benzene rings is 2. The second-order valence-electron chi connectivity index (χ2n) is 7.38. The first-order valence-corrected chi connectivity index (χ1v) is 10.2. The Hall–Kier alpha value is -3.55. The number of fused-ring (bicyclic) bond motifs is 1. The van der Waals surface area contributed by atoms with Gasteiger partial charge in [-0.1, -0.05) is 25.1 Å². The van der Waals surface area contributed by atoms with Gasteiger partial charge in [-0.05, 0) is 36.6 Å². The molecule has 0 unspecified atom stereocenters. The Morgan fingerprint density at radius 3 is 2.65 bits per heavy atom. The Bertz CT molecular complexity index is 1050. The number of methoxy groups -OCH3 is 2. The van der Waals surface area contributed by atoms with Gasteiger partial charge in [0.15, 0.2) is 11.5 Å². The third kappa shape index (κ3) is 3.48. The summed E-state index contributed by atoms with van der Waals surface area (Å²) in [6.45, 7) is 2.01. The quantitative estimate of drug-likeness (QED) is 0.717. The molecule has 2 aromatic rings. The lowest BCUT2D eigenvalue weighted by Crippen LogP contribution is -2.44. The zero-order valence-electron chi connectivity index (χ0n) is 17.6. The number of carbonyl (C=O) groups is 3. The Balaban J connectivity index is 1.66. The highest BCUT2D eigenvalue weighted by Gasteiger charge is 2.47. The van der Waals surface area contributed by atoms with Crippen molar-refractivity contribution in [1.82, 2.24) is 4.90 Å². The van der Waals surface area contributed by atoms with Crippen LogP contribution in [0.25, 0.3) is 0 Å². The fourth-order valence-electron chi connectivity index (χ4n) is 4.21. The Morgan fingerprint density at radius 1 is 1.16 bits per heavy atom. The smallest absolute Gasteiger partial charge is 0.344 e. The van der Waals surface area contributed by atoms with E-state index in [0.717, 1.165) is 12.0 Å². The molecular weight excluding hydrogens is 400 g/mol. The summed E-state index contributed by atoms with van der Waals surface area (Å²) in [7, 11) is 2.90. The lowest BCUT2D eigenvalue weighted by molar-refractivity contribution is -0.144. The van der Waals surface area contributed by atoms with E-state index in [9.17, 15) is 14.4 Å². The zero-order valence-corrected chi connectivity index (χ0v) is 17.6. The third-order valence-electron chi connectivity index (χ3n) is 5.73. The first-order chi connectivity index (χ1) is 15.0. The molecule has 162 valence electrons. The Morgan fingerprint density at radius 2 is 1.94 bits per heavy atom. The minimum atomic E-state index is -0.991. The Labute approximate surface area is 180 Å². The number of hydrogen-bond donors (Lipinski definition) is 1. The number of likely N-dealkylation sites (tertiary alicyclic amines) is 1. The van der Waals surface area contributed by atoms with Crippen LogP contribution < -0.4 is 14.8 Å². The topological polar surface area (TPSA) is 94.2 Å². The fraction of sp³-hybridized carbons (Fsp3) is 0.348. The minimum absolute atomic E-state index is 0.199. The summed E-state index contributed by atoms with van der Waals surface area (Å²) in [6, 6.07) is 10.1. The summed E-state index contributed by atoms with van der Waals surface area (Å²) in [5.74, 6) is -0.541. The van der Waals surface area contributed by atoms with E-state index in [1.807, 2.05) is 31.2 Å². The summed E-state index contributed by atoms with van der Waals surface area (Å²) in [6.07, 6.45) is 0.313. The van der Waals surface area contributed by atoms with E-state index in [-0.39, 0.29) is 29.5 Å². The molecule has 1 N–H and O–H groups in total. The molecule has 0 aromatic heterocycles. The van der Waals surface area contributed by atoms with Gasteiger partial charge in [0, 0.05) is 17.7 Å². The van der Waals surface area contributed by atoms with Gasteiger partial charge in [0.25, 0.3) is 0 Å². The van der Waals surface area contributed by atoms with Crippen LogP contribution >= 0.6 is 0 Å². The molecule has 31 heavy (non-hydrogen) atoms. The highest BCUT2D eigenvalue weighted by atomic mass is 16.6. The van der Waals surface area contributed by atoms with E-state index in [0.29, 0.717) is 23.4 Å². The van der Waals surface area contributed by atoms with Crippen molar-refractivity contribution >= 4 is 23.5 Å². The number of aryl methyl sites for hydroxylation is 1. The van der Waals surface area contributed by atoms with Gasteiger partial charge in [-0.15, -0.1) is 0 Å². The molecular formula is C23H24N2O6. The standard InChI is InChI=1S/C23H24N2O6/c1-4-13-7-5-6-8-15(13)24-21(27)16-10-12-18(26)25(16)22-14-9-11-17(29-2)20(30-3)19(14)23(28)31-22/h5-9,11,16,22H,4,10,12H2,1-3H3,(H,24,27)/t16-,22-/m1/s1. The average molecular weight is 424 g/mol. The van der Waals surface area contributed by atoms with Crippen molar-refractivity contribution in [2.45, 2.75) is 38.5 Å². The number of anilines is 1. The van der Waals surface area contributed by atoms with Gasteiger partial charge in [-0.25, -0.2) is 4.79 Å². The molecule has 2 heterocycles. The molecule has 2 aliphatic rings. The van der Waals surface area contributed by atoms with Crippen molar-refractivity contribution in [1.29, 1.82) is 0 Å². The van der Waals surface area contributed by atoms with Gasteiger partial charge in [-0.3, -0.25) is 14.5 Å². The first kappa shape index (κ1) is 20.7. The molecule has 0 spiro atoms. The molecule has 8 nitrogen and oxygen atoms in total. The monoisotopic (exact) mass is 424 g/mol. The largest absolute Gasteiger partial charge is 0.493 e. The number of esters is 1. The van der Waals surface area contributed by atoms with E-state index in [2.05, 4.69) is 5.32 Å². The van der Waals surface area contributed by atoms with Crippen LogP contribution in [0.2, 0.25) is 0 Å². The number of amides is 2. The van der Waals surface area contributed by atoms with E-state index < -0.39 is 18.2 Å². The second-order valence-corrected chi connectivity index (χ2v) is 7.38. The third-order valence-corrected chi connectivity index (χ3v) is 5.73. The van der Waals surface area contributed by atoms with Crippen molar-refractivity contribution < 1.29 is 28.6 Å². The van der Waals surface area contributed by atoms with E-state index in [1.165, 1.54) is 19.1 Å². The van der Waals surface area contributed by atoms with Crippen LogP contribution in [0.15, 0.2) is 36.4 Å². The summed E-state index contributed by atoms with van der Waals surface area (Å²) in [4.78, 5) is 39.9. The lowest BCUT2D eigenvalue weighted by atomic mass is 10.0. The molecule has 0 radical (unpaired) electrons. The molecule has 4 rings (SSSR count). The van der Waals surface area contributed by atoms with Gasteiger partial charge in [0.1, 0.15) is 11.6 Å². The van der Waals surface area contributed by atoms with Crippen molar-refractivity contribution in [3.05, 3.63) is 53.1 Å². The van der Waals surface area contributed by atoms with Gasteiger partial charge in [0.05, 0.1) is 14.2 Å². The van der Waals surface area contributed by atoms with Crippen LogP contribution in [0.1, 0.15) is 47.5 Å². The highest BCUT2D eigenvalue weighted by Crippen LogP contribution is 2.45. The molecule has 1 saturated heterocycles. The van der Waals surface area contributed by atoms with E-state index in [1.54, 1.807) is 12.1 Å². The summed E-state index contributed by atoms with van der Waals surface area (Å²) in [5.41, 5.74) is 2.40.